The lowest BCUT2D eigenvalue weighted by Gasteiger charge is -2.34. The van der Waals surface area contributed by atoms with Crippen LogP contribution in [0.1, 0.15) is 32.3 Å². The van der Waals surface area contributed by atoms with E-state index in [1.807, 2.05) is 32.0 Å². The Morgan fingerprint density at radius 1 is 1.40 bits per heavy atom. The summed E-state index contributed by atoms with van der Waals surface area (Å²) in [5.41, 5.74) is 1.77. The lowest BCUT2D eigenvalue weighted by atomic mass is 10.1. The van der Waals surface area contributed by atoms with Crippen molar-refractivity contribution in [2.75, 3.05) is 11.4 Å². The number of hydrogen-bond donors (Lipinski definition) is 1. The highest BCUT2D eigenvalue weighted by atomic mass is 16.5. The van der Waals surface area contributed by atoms with Crippen molar-refractivity contribution >= 4 is 17.6 Å². The number of amides is 1. The van der Waals surface area contributed by atoms with Crippen LogP contribution >= 0.6 is 0 Å². The second-order valence-electron chi connectivity index (χ2n) is 4.80. The van der Waals surface area contributed by atoms with Crippen molar-refractivity contribution in [1.29, 1.82) is 0 Å². The maximum Gasteiger partial charge on any atom is 0.305 e. The van der Waals surface area contributed by atoms with Crippen LogP contribution in [0.2, 0.25) is 0 Å². The molecule has 0 saturated heterocycles. The quantitative estimate of drug-likeness (QED) is 0.896. The molecule has 1 atom stereocenters. The Kier molecular flexibility index (Phi) is 4.27. The van der Waals surface area contributed by atoms with Gasteiger partial charge < -0.3 is 14.7 Å². The number of benzene rings is 1. The molecule has 2 rings (SSSR count). The van der Waals surface area contributed by atoms with Crippen molar-refractivity contribution in [3.8, 4) is 5.75 Å². The highest BCUT2D eigenvalue weighted by Gasteiger charge is 2.33. The standard InChI is InChI=1S/C15H19NO4/c1-3-10-5-6-13-11(9-10)16(8-7-14(17)18)15(19)12(4-2)20-13/h5-6,9,12H,3-4,7-8H2,1-2H3,(H,17,18). The summed E-state index contributed by atoms with van der Waals surface area (Å²) < 4.78 is 5.69. The molecule has 1 aromatic rings. The first kappa shape index (κ1) is 14.4. The van der Waals surface area contributed by atoms with Crippen LogP contribution in [0.3, 0.4) is 0 Å². The van der Waals surface area contributed by atoms with Gasteiger partial charge in [0.25, 0.3) is 5.91 Å². The lowest BCUT2D eigenvalue weighted by molar-refractivity contribution is -0.136. The molecule has 0 saturated carbocycles. The van der Waals surface area contributed by atoms with E-state index in [1.54, 1.807) is 4.90 Å². The average Bonchev–Trinajstić information content (AvgIpc) is 2.44. The third-order valence-corrected chi connectivity index (χ3v) is 3.45. The van der Waals surface area contributed by atoms with E-state index in [1.165, 1.54) is 0 Å². The maximum atomic E-state index is 12.3. The molecule has 1 unspecified atom stereocenters. The molecule has 0 aromatic heterocycles. The van der Waals surface area contributed by atoms with E-state index in [2.05, 4.69) is 0 Å². The normalized spacial score (nSPS) is 17.6. The van der Waals surface area contributed by atoms with Gasteiger partial charge in [0.1, 0.15) is 5.75 Å². The van der Waals surface area contributed by atoms with Crippen molar-refractivity contribution in [2.45, 2.75) is 39.2 Å². The van der Waals surface area contributed by atoms with Crippen molar-refractivity contribution < 1.29 is 19.4 Å². The van der Waals surface area contributed by atoms with E-state index in [0.717, 1.165) is 12.0 Å². The van der Waals surface area contributed by atoms with Crippen LogP contribution in [-0.4, -0.2) is 29.6 Å². The van der Waals surface area contributed by atoms with Gasteiger partial charge in [0.2, 0.25) is 0 Å². The molecule has 1 heterocycles. The minimum atomic E-state index is -0.912. The summed E-state index contributed by atoms with van der Waals surface area (Å²) in [6, 6.07) is 5.73. The zero-order valence-corrected chi connectivity index (χ0v) is 11.8. The number of carboxylic acid groups (broad SMARTS) is 1. The molecule has 20 heavy (non-hydrogen) atoms. The SMILES string of the molecule is CCc1ccc2c(c1)N(CCC(=O)O)C(=O)C(CC)O2. The molecule has 0 bridgehead atoms. The smallest absolute Gasteiger partial charge is 0.305 e. The zero-order valence-electron chi connectivity index (χ0n) is 11.8. The Balaban J connectivity index is 2.36. The van der Waals surface area contributed by atoms with Crippen molar-refractivity contribution in [3.63, 3.8) is 0 Å². The summed E-state index contributed by atoms with van der Waals surface area (Å²) in [5, 5.41) is 8.83. The highest BCUT2D eigenvalue weighted by Crippen LogP contribution is 2.35. The van der Waals surface area contributed by atoms with Gasteiger partial charge in [-0.05, 0) is 30.5 Å². The van der Waals surface area contributed by atoms with Gasteiger partial charge in [-0.3, -0.25) is 9.59 Å². The number of aryl methyl sites for hydroxylation is 1. The van der Waals surface area contributed by atoms with Gasteiger partial charge in [0.15, 0.2) is 6.10 Å². The number of anilines is 1. The Hall–Kier alpha value is -2.04. The van der Waals surface area contributed by atoms with Crippen LogP contribution in [0.5, 0.6) is 5.75 Å². The molecule has 0 spiro atoms. The summed E-state index contributed by atoms with van der Waals surface area (Å²) in [4.78, 5) is 24.6. The first-order chi connectivity index (χ1) is 9.56. The van der Waals surface area contributed by atoms with Gasteiger partial charge in [-0.2, -0.15) is 0 Å². The molecular formula is C15H19NO4. The van der Waals surface area contributed by atoms with Crippen LogP contribution < -0.4 is 9.64 Å². The highest BCUT2D eigenvalue weighted by molar-refractivity contribution is 6.00. The third-order valence-electron chi connectivity index (χ3n) is 3.45. The Morgan fingerprint density at radius 3 is 2.75 bits per heavy atom. The number of ether oxygens (including phenoxy) is 1. The second-order valence-corrected chi connectivity index (χ2v) is 4.80. The second kappa shape index (κ2) is 5.94. The minimum Gasteiger partial charge on any atom is -0.481 e. The number of aliphatic carboxylic acids is 1. The number of fused-ring (bicyclic) bond motifs is 1. The van der Waals surface area contributed by atoms with Crippen molar-refractivity contribution in [3.05, 3.63) is 23.8 Å². The fraction of sp³-hybridized carbons (Fsp3) is 0.467. The molecule has 1 aliphatic rings. The molecule has 1 amide bonds. The van der Waals surface area contributed by atoms with Gasteiger partial charge in [0.05, 0.1) is 12.1 Å². The van der Waals surface area contributed by atoms with Crippen LogP contribution in [0.25, 0.3) is 0 Å². The van der Waals surface area contributed by atoms with Gasteiger partial charge >= 0.3 is 5.97 Å². The van der Waals surface area contributed by atoms with Gasteiger partial charge in [-0.25, -0.2) is 0 Å². The number of carboxylic acids is 1. The average molecular weight is 277 g/mol. The van der Waals surface area contributed by atoms with E-state index >= 15 is 0 Å². The number of rotatable bonds is 5. The summed E-state index contributed by atoms with van der Waals surface area (Å²) in [7, 11) is 0. The molecule has 5 nitrogen and oxygen atoms in total. The fourth-order valence-electron chi connectivity index (χ4n) is 2.29. The monoisotopic (exact) mass is 277 g/mol. The predicted molar refractivity (Wildman–Crippen MR) is 75.1 cm³/mol. The topological polar surface area (TPSA) is 66.8 Å². The van der Waals surface area contributed by atoms with Gasteiger partial charge in [-0.15, -0.1) is 0 Å². The third kappa shape index (κ3) is 2.76. The van der Waals surface area contributed by atoms with E-state index in [9.17, 15) is 9.59 Å². The number of carbonyl (C=O) groups excluding carboxylic acids is 1. The van der Waals surface area contributed by atoms with Crippen LogP contribution in [0.4, 0.5) is 5.69 Å². The molecule has 0 fully saturated rings. The fourth-order valence-corrected chi connectivity index (χ4v) is 2.29. The van der Waals surface area contributed by atoms with Crippen molar-refractivity contribution in [1.82, 2.24) is 0 Å². The van der Waals surface area contributed by atoms with E-state index < -0.39 is 12.1 Å². The van der Waals surface area contributed by atoms with E-state index in [0.29, 0.717) is 17.9 Å². The summed E-state index contributed by atoms with van der Waals surface area (Å²) in [5.74, 6) is -0.418. The van der Waals surface area contributed by atoms with E-state index in [4.69, 9.17) is 9.84 Å². The largest absolute Gasteiger partial charge is 0.481 e. The first-order valence-electron chi connectivity index (χ1n) is 6.89. The van der Waals surface area contributed by atoms with Crippen LogP contribution in [0.15, 0.2) is 18.2 Å². The van der Waals surface area contributed by atoms with Gasteiger partial charge in [0, 0.05) is 6.54 Å². The summed E-state index contributed by atoms with van der Waals surface area (Å²) in [6.07, 6.45) is 0.824. The molecular weight excluding hydrogens is 258 g/mol. The number of carbonyl (C=O) groups is 2. The molecule has 1 aliphatic heterocycles. The first-order valence-corrected chi connectivity index (χ1v) is 6.89. The summed E-state index contributed by atoms with van der Waals surface area (Å²) in [6.45, 7) is 4.08. The maximum absolute atomic E-state index is 12.3. The Labute approximate surface area is 118 Å². The Bertz CT molecular complexity index is 527. The molecule has 5 heteroatoms. The molecule has 1 N–H and O–H groups in total. The molecule has 0 radical (unpaired) electrons. The number of nitrogens with zero attached hydrogens (tertiary/aromatic N) is 1. The lowest BCUT2D eigenvalue weighted by Crippen LogP contribution is -2.46. The minimum absolute atomic E-state index is 0.0715. The zero-order chi connectivity index (χ0) is 14.7. The number of hydrogen-bond acceptors (Lipinski definition) is 3. The summed E-state index contributed by atoms with van der Waals surface area (Å²) >= 11 is 0. The Morgan fingerprint density at radius 2 is 2.15 bits per heavy atom. The van der Waals surface area contributed by atoms with Crippen molar-refractivity contribution in [2.24, 2.45) is 0 Å². The molecule has 1 aromatic carbocycles. The molecule has 0 aliphatic carbocycles. The van der Waals surface area contributed by atoms with E-state index in [-0.39, 0.29) is 18.9 Å². The van der Waals surface area contributed by atoms with Gasteiger partial charge in [-0.1, -0.05) is 19.9 Å². The van der Waals surface area contributed by atoms with Crippen LogP contribution in [-0.2, 0) is 16.0 Å². The molecule has 108 valence electrons. The predicted octanol–water partition coefficient (Wildman–Crippen LogP) is 2.23. The van der Waals surface area contributed by atoms with Crippen LogP contribution in [0, 0.1) is 0 Å².